The second kappa shape index (κ2) is 5.13. The van der Waals surface area contributed by atoms with Gasteiger partial charge in [-0.1, -0.05) is 12.1 Å². The van der Waals surface area contributed by atoms with Crippen molar-refractivity contribution in [3.05, 3.63) is 40.8 Å². The second-order valence-electron chi connectivity index (χ2n) is 4.73. The van der Waals surface area contributed by atoms with Crippen molar-refractivity contribution in [2.24, 2.45) is 0 Å². The fourth-order valence-corrected chi connectivity index (χ4v) is 3.42. The predicted octanol–water partition coefficient (Wildman–Crippen LogP) is 3.42. The van der Waals surface area contributed by atoms with E-state index in [0.29, 0.717) is 5.06 Å². The van der Waals surface area contributed by atoms with E-state index in [1.54, 1.807) is 13.2 Å². The van der Waals surface area contributed by atoms with Gasteiger partial charge in [-0.25, -0.2) is 0 Å². The lowest BCUT2D eigenvalue weighted by Gasteiger charge is -2.32. The molecule has 0 unspecified atom stereocenters. The maximum Gasteiger partial charge on any atom is 0.171 e. The zero-order chi connectivity index (χ0) is 13.2. The monoisotopic (exact) mass is 275 g/mol. The van der Waals surface area contributed by atoms with Crippen LogP contribution in [0.25, 0.3) is 0 Å². The first kappa shape index (κ1) is 12.4. The molecule has 3 nitrogen and oxygen atoms in total. The van der Waals surface area contributed by atoms with Crippen LogP contribution in [0, 0.1) is 0 Å². The fraction of sp³-hybridized carbons (Fsp3) is 0.333. The van der Waals surface area contributed by atoms with E-state index in [0.717, 1.165) is 31.7 Å². The number of aromatic hydroxyl groups is 1. The summed E-state index contributed by atoms with van der Waals surface area (Å²) in [4.78, 5) is 3.53. The van der Waals surface area contributed by atoms with Crippen LogP contribution < -0.4 is 9.64 Å². The highest BCUT2D eigenvalue weighted by atomic mass is 32.1. The number of nitrogens with zero attached hydrogens (tertiary/aromatic N) is 1. The molecule has 0 saturated carbocycles. The first-order chi connectivity index (χ1) is 9.28. The SMILES string of the molecule is COc1cccc2c1N(Cc1ccc(O)s1)CCC2. The highest BCUT2D eigenvalue weighted by Gasteiger charge is 2.21. The summed E-state index contributed by atoms with van der Waals surface area (Å²) >= 11 is 1.44. The van der Waals surface area contributed by atoms with Gasteiger partial charge in [0.15, 0.2) is 5.06 Å². The Bertz CT molecular complexity index is 565. The lowest BCUT2D eigenvalue weighted by Crippen LogP contribution is -2.28. The van der Waals surface area contributed by atoms with Crippen molar-refractivity contribution in [1.82, 2.24) is 0 Å². The number of fused-ring (bicyclic) bond motifs is 1. The summed E-state index contributed by atoms with van der Waals surface area (Å²) in [7, 11) is 1.72. The first-order valence-corrected chi connectivity index (χ1v) is 7.28. The Morgan fingerprint density at radius 1 is 1.32 bits per heavy atom. The van der Waals surface area contributed by atoms with Gasteiger partial charge in [-0.15, -0.1) is 11.3 Å². The summed E-state index contributed by atoms with van der Waals surface area (Å²) in [6.45, 7) is 1.87. The summed E-state index contributed by atoms with van der Waals surface area (Å²) in [5.41, 5.74) is 2.57. The van der Waals surface area contributed by atoms with Gasteiger partial charge in [0, 0.05) is 11.4 Å². The van der Waals surface area contributed by atoms with Crippen LogP contribution in [0.2, 0.25) is 0 Å². The van der Waals surface area contributed by atoms with Crippen LogP contribution >= 0.6 is 11.3 Å². The van der Waals surface area contributed by atoms with Crippen LogP contribution in [0.5, 0.6) is 10.8 Å². The minimum atomic E-state index is 0.382. The molecule has 4 heteroatoms. The number of rotatable bonds is 3. The van der Waals surface area contributed by atoms with Crippen LogP contribution in [-0.4, -0.2) is 18.8 Å². The molecule has 0 saturated heterocycles. The van der Waals surface area contributed by atoms with Crippen molar-refractivity contribution in [1.29, 1.82) is 0 Å². The number of benzene rings is 1. The smallest absolute Gasteiger partial charge is 0.171 e. The van der Waals surface area contributed by atoms with Crippen molar-refractivity contribution >= 4 is 17.0 Å². The van der Waals surface area contributed by atoms with Crippen LogP contribution in [0.1, 0.15) is 16.9 Å². The average Bonchev–Trinajstić information content (AvgIpc) is 2.84. The number of hydrogen-bond donors (Lipinski definition) is 1. The van der Waals surface area contributed by atoms with Crippen molar-refractivity contribution in [3.63, 3.8) is 0 Å². The number of thiophene rings is 1. The van der Waals surface area contributed by atoms with E-state index < -0.39 is 0 Å². The minimum absolute atomic E-state index is 0.382. The van der Waals surface area contributed by atoms with Crippen molar-refractivity contribution < 1.29 is 9.84 Å². The van der Waals surface area contributed by atoms with Crippen LogP contribution in [0.4, 0.5) is 5.69 Å². The summed E-state index contributed by atoms with van der Waals surface area (Å²) < 4.78 is 5.50. The standard InChI is InChI=1S/C15H17NO2S/c1-18-13-6-2-4-11-5-3-9-16(15(11)13)10-12-7-8-14(17)19-12/h2,4,6-8,17H,3,5,9-10H2,1H3. The maximum atomic E-state index is 9.45. The molecule has 0 radical (unpaired) electrons. The van der Waals surface area contributed by atoms with Gasteiger partial charge in [-0.2, -0.15) is 0 Å². The molecule has 0 fully saturated rings. The molecule has 100 valence electrons. The molecule has 1 aromatic carbocycles. The Kier molecular flexibility index (Phi) is 3.34. The van der Waals surface area contributed by atoms with Gasteiger partial charge in [0.25, 0.3) is 0 Å². The number of para-hydroxylation sites is 1. The molecule has 0 bridgehead atoms. The molecule has 0 aliphatic carbocycles. The largest absolute Gasteiger partial charge is 0.499 e. The summed E-state index contributed by atoms with van der Waals surface area (Å²) in [5, 5.41) is 9.84. The highest BCUT2D eigenvalue weighted by Crippen LogP contribution is 2.37. The Hall–Kier alpha value is -1.68. The molecule has 1 aliphatic rings. The maximum absolute atomic E-state index is 9.45. The fourth-order valence-electron chi connectivity index (χ4n) is 2.66. The van der Waals surface area contributed by atoms with Gasteiger partial charge in [0.2, 0.25) is 0 Å². The van der Waals surface area contributed by atoms with Gasteiger partial charge in [-0.3, -0.25) is 0 Å². The van der Waals surface area contributed by atoms with E-state index >= 15 is 0 Å². The third-order valence-corrected chi connectivity index (χ3v) is 4.36. The highest BCUT2D eigenvalue weighted by molar-refractivity contribution is 7.13. The Balaban J connectivity index is 1.93. The summed E-state index contributed by atoms with van der Waals surface area (Å²) in [6, 6.07) is 9.99. The average molecular weight is 275 g/mol. The zero-order valence-electron chi connectivity index (χ0n) is 10.9. The number of methoxy groups -OCH3 is 1. The van der Waals surface area contributed by atoms with Crippen molar-refractivity contribution in [2.45, 2.75) is 19.4 Å². The number of anilines is 1. The first-order valence-electron chi connectivity index (χ1n) is 6.46. The van der Waals surface area contributed by atoms with Gasteiger partial charge in [-0.05, 0) is 36.6 Å². The molecule has 19 heavy (non-hydrogen) atoms. The Morgan fingerprint density at radius 2 is 2.21 bits per heavy atom. The zero-order valence-corrected chi connectivity index (χ0v) is 11.7. The molecular formula is C15H17NO2S. The molecule has 1 aromatic heterocycles. The van der Waals surface area contributed by atoms with Crippen molar-refractivity contribution in [3.8, 4) is 10.8 Å². The Morgan fingerprint density at radius 3 is 2.95 bits per heavy atom. The molecular weight excluding hydrogens is 258 g/mol. The number of aryl methyl sites for hydroxylation is 1. The van der Waals surface area contributed by atoms with Crippen LogP contribution in [-0.2, 0) is 13.0 Å². The summed E-state index contributed by atoms with van der Waals surface area (Å²) in [5.74, 6) is 0.943. The molecule has 2 heterocycles. The van der Waals surface area contributed by atoms with E-state index in [-0.39, 0.29) is 0 Å². The third-order valence-electron chi connectivity index (χ3n) is 3.49. The summed E-state index contributed by atoms with van der Waals surface area (Å²) in [6.07, 6.45) is 2.27. The van der Waals surface area contributed by atoms with Crippen molar-refractivity contribution in [2.75, 3.05) is 18.6 Å². The lowest BCUT2D eigenvalue weighted by molar-refractivity contribution is 0.412. The predicted molar refractivity (Wildman–Crippen MR) is 78.3 cm³/mol. The number of ether oxygens (including phenoxy) is 1. The van der Waals surface area contributed by atoms with E-state index in [4.69, 9.17) is 4.74 Å². The molecule has 0 spiro atoms. The van der Waals surface area contributed by atoms with E-state index in [1.165, 1.54) is 27.5 Å². The van der Waals surface area contributed by atoms with Gasteiger partial charge in [0.05, 0.1) is 19.3 Å². The molecule has 1 aliphatic heterocycles. The molecule has 2 aromatic rings. The number of hydrogen-bond acceptors (Lipinski definition) is 4. The van der Waals surface area contributed by atoms with Gasteiger partial charge >= 0.3 is 0 Å². The molecule has 3 rings (SSSR count). The van der Waals surface area contributed by atoms with Crippen LogP contribution in [0.15, 0.2) is 30.3 Å². The topological polar surface area (TPSA) is 32.7 Å². The van der Waals surface area contributed by atoms with Gasteiger partial charge in [0.1, 0.15) is 5.75 Å². The quantitative estimate of drug-likeness (QED) is 0.931. The molecule has 0 amide bonds. The second-order valence-corrected chi connectivity index (χ2v) is 5.88. The van der Waals surface area contributed by atoms with Gasteiger partial charge < -0.3 is 14.7 Å². The Labute approximate surface area is 117 Å². The normalized spacial score (nSPS) is 14.3. The molecule has 0 atom stereocenters. The van der Waals surface area contributed by atoms with Crippen LogP contribution in [0.3, 0.4) is 0 Å². The lowest BCUT2D eigenvalue weighted by atomic mass is 10.0. The van der Waals surface area contributed by atoms with E-state index in [1.807, 2.05) is 12.1 Å². The minimum Gasteiger partial charge on any atom is -0.499 e. The third kappa shape index (κ3) is 2.40. The molecule has 1 N–H and O–H groups in total. The van der Waals surface area contributed by atoms with E-state index in [9.17, 15) is 5.11 Å². The van der Waals surface area contributed by atoms with E-state index in [2.05, 4.69) is 17.0 Å².